The van der Waals surface area contributed by atoms with Gasteiger partial charge in [-0.2, -0.15) is 0 Å². The normalized spacial score (nSPS) is 13.6. The Balaban J connectivity index is 4.49. The van der Waals surface area contributed by atoms with Crippen LogP contribution in [-0.2, 0) is 23.9 Å². The predicted octanol–water partition coefficient (Wildman–Crippen LogP) is -0.859. The molecular formula is C10H16O7. The van der Waals surface area contributed by atoms with Crippen LogP contribution in [0.5, 0.6) is 0 Å². The number of Topliss-reactive ketones (excluding diaryl/α,β-unsaturated/α-hetero) is 1. The first-order valence-corrected chi connectivity index (χ1v) is 5.12. The third-order valence-corrected chi connectivity index (χ3v) is 1.71. The van der Waals surface area contributed by atoms with Gasteiger partial charge in [0.2, 0.25) is 5.78 Å². The van der Waals surface area contributed by atoms with E-state index in [1.54, 1.807) is 6.92 Å². The lowest BCUT2D eigenvalue weighted by Gasteiger charge is -2.20. The number of esters is 2. The quantitative estimate of drug-likeness (QED) is 0.342. The number of carbonyl (C=O) groups is 3. The number of ether oxygens (including phenoxy) is 2. The third kappa shape index (κ3) is 5.98. The first-order valence-electron chi connectivity index (χ1n) is 5.12. The van der Waals surface area contributed by atoms with Gasteiger partial charge >= 0.3 is 11.9 Å². The summed E-state index contributed by atoms with van der Waals surface area (Å²) in [4.78, 5) is 32.7. The Morgan fingerprint density at radius 1 is 1.24 bits per heavy atom. The minimum Gasteiger partial charge on any atom is -0.422 e. The summed E-state index contributed by atoms with van der Waals surface area (Å²) in [6.45, 7) is 1.94. The van der Waals surface area contributed by atoms with E-state index in [9.17, 15) is 19.5 Å². The minimum atomic E-state index is -1.67. The molecule has 0 aliphatic heterocycles. The van der Waals surface area contributed by atoms with Crippen molar-refractivity contribution in [2.45, 2.75) is 39.1 Å². The zero-order valence-electron chi connectivity index (χ0n) is 9.71. The van der Waals surface area contributed by atoms with Crippen LogP contribution in [0.15, 0.2) is 0 Å². The lowest BCUT2D eigenvalue weighted by atomic mass is 10.3. The van der Waals surface area contributed by atoms with E-state index in [-0.39, 0.29) is 6.42 Å². The van der Waals surface area contributed by atoms with Crippen LogP contribution in [0.4, 0.5) is 0 Å². The molecule has 0 aromatic rings. The van der Waals surface area contributed by atoms with Crippen molar-refractivity contribution in [1.29, 1.82) is 0 Å². The molecule has 2 N–H and O–H groups in total. The highest BCUT2D eigenvalue weighted by Gasteiger charge is 2.28. The molecule has 0 rings (SSSR count). The topological polar surface area (TPSA) is 110 Å². The smallest absolute Gasteiger partial charge is 0.377 e. The molecular weight excluding hydrogens is 232 g/mol. The lowest BCUT2D eigenvalue weighted by Crippen LogP contribution is -2.39. The van der Waals surface area contributed by atoms with Crippen LogP contribution < -0.4 is 0 Å². The summed E-state index contributed by atoms with van der Waals surface area (Å²) in [5, 5.41) is 17.9. The summed E-state index contributed by atoms with van der Waals surface area (Å²) in [5.41, 5.74) is 0. The first-order chi connectivity index (χ1) is 7.92. The molecule has 0 radical (unpaired) electrons. The second kappa shape index (κ2) is 7.75. The van der Waals surface area contributed by atoms with Crippen molar-refractivity contribution in [1.82, 2.24) is 0 Å². The van der Waals surface area contributed by atoms with Crippen molar-refractivity contribution in [3.8, 4) is 0 Å². The van der Waals surface area contributed by atoms with Gasteiger partial charge in [0.05, 0.1) is 6.61 Å². The molecule has 0 aromatic heterocycles. The van der Waals surface area contributed by atoms with E-state index in [1.807, 2.05) is 0 Å². The Bertz CT molecular complexity index is 286. The Labute approximate surface area is 98.3 Å². The number of rotatable bonds is 7. The maximum absolute atomic E-state index is 11.1. The van der Waals surface area contributed by atoms with Crippen LogP contribution in [0.3, 0.4) is 0 Å². The molecule has 0 bridgehead atoms. The highest BCUT2D eigenvalue weighted by atomic mass is 16.7. The lowest BCUT2D eigenvalue weighted by molar-refractivity contribution is -0.210. The summed E-state index contributed by atoms with van der Waals surface area (Å²) in [7, 11) is 0. The molecule has 2 atom stereocenters. The van der Waals surface area contributed by atoms with Gasteiger partial charge in [0.15, 0.2) is 6.10 Å². The molecule has 0 aromatic carbocycles. The highest BCUT2D eigenvalue weighted by Crippen LogP contribution is 2.05. The van der Waals surface area contributed by atoms with Crippen LogP contribution >= 0.6 is 0 Å². The second-order valence-corrected chi connectivity index (χ2v) is 3.32. The molecule has 17 heavy (non-hydrogen) atoms. The Morgan fingerprint density at radius 2 is 1.82 bits per heavy atom. The number of hydrogen-bond donors (Lipinski definition) is 2. The molecule has 0 spiro atoms. The predicted molar refractivity (Wildman–Crippen MR) is 54.7 cm³/mol. The van der Waals surface area contributed by atoms with Crippen molar-refractivity contribution in [3.05, 3.63) is 0 Å². The number of aliphatic hydroxyl groups is 2. The monoisotopic (exact) mass is 248 g/mol. The molecule has 2 unspecified atom stereocenters. The maximum Gasteiger partial charge on any atom is 0.377 e. The Kier molecular flexibility index (Phi) is 7.08. The standard InChI is InChI=1S/C10H16O7/c1-3-4-8(14)16-10(7(13)5-11)17-9(15)6(2)12/h7,10-11,13H,3-5H2,1-2H3. The Morgan fingerprint density at radius 3 is 2.24 bits per heavy atom. The van der Waals surface area contributed by atoms with Crippen molar-refractivity contribution in [2.75, 3.05) is 6.61 Å². The molecule has 0 heterocycles. The van der Waals surface area contributed by atoms with Crippen molar-refractivity contribution < 1.29 is 34.1 Å². The average Bonchev–Trinajstić information content (AvgIpc) is 2.27. The second-order valence-electron chi connectivity index (χ2n) is 3.32. The fourth-order valence-electron chi connectivity index (χ4n) is 0.848. The molecule has 0 aliphatic carbocycles. The van der Waals surface area contributed by atoms with Gasteiger partial charge in [0.1, 0.15) is 0 Å². The van der Waals surface area contributed by atoms with Crippen molar-refractivity contribution in [2.24, 2.45) is 0 Å². The van der Waals surface area contributed by atoms with Gasteiger partial charge in [-0.15, -0.1) is 0 Å². The molecule has 0 fully saturated rings. The van der Waals surface area contributed by atoms with Gasteiger partial charge in [-0.05, 0) is 6.42 Å². The Hall–Kier alpha value is -1.47. The number of carbonyl (C=O) groups excluding carboxylic acids is 3. The minimum absolute atomic E-state index is 0.0757. The van der Waals surface area contributed by atoms with Gasteiger partial charge in [0, 0.05) is 13.3 Å². The molecule has 98 valence electrons. The summed E-state index contributed by atoms with van der Waals surface area (Å²) in [6, 6.07) is 0. The van der Waals surface area contributed by atoms with Gasteiger partial charge < -0.3 is 19.7 Å². The third-order valence-electron chi connectivity index (χ3n) is 1.71. The highest BCUT2D eigenvalue weighted by molar-refractivity contribution is 6.32. The molecule has 0 amide bonds. The van der Waals surface area contributed by atoms with Crippen LogP contribution in [0.1, 0.15) is 26.7 Å². The zero-order chi connectivity index (χ0) is 13.4. The van der Waals surface area contributed by atoms with Crippen LogP contribution in [0.2, 0.25) is 0 Å². The zero-order valence-corrected chi connectivity index (χ0v) is 9.71. The fourth-order valence-corrected chi connectivity index (χ4v) is 0.848. The summed E-state index contributed by atoms with van der Waals surface area (Å²) >= 11 is 0. The summed E-state index contributed by atoms with van der Waals surface area (Å²) < 4.78 is 9.06. The van der Waals surface area contributed by atoms with Gasteiger partial charge in [0.25, 0.3) is 6.29 Å². The largest absolute Gasteiger partial charge is 0.422 e. The molecule has 7 heteroatoms. The van der Waals surface area contributed by atoms with Gasteiger partial charge in [-0.3, -0.25) is 9.59 Å². The van der Waals surface area contributed by atoms with E-state index < -0.39 is 36.7 Å². The number of hydrogen-bond acceptors (Lipinski definition) is 7. The first kappa shape index (κ1) is 15.5. The van der Waals surface area contributed by atoms with Gasteiger partial charge in [-0.25, -0.2) is 4.79 Å². The number of aliphatic hydroxyl groups excluding tert-OH is 2. The summed E-state index contributed by atoms with van der Waals surface area (Å²) in [5.74, 6) is -2.83. The van der Waals surface area contributed by atoms with E-state index in [2.05, 4.69) is 9.47 Å². The maximum atomic E-state index is 11.1. The van der Waals surface area contributed by atoms with Crippen LogP contribution in [-0.4, -0.2) is 46.9 Å². The van der Waals surface area contributed by atoms with E-state index in [1.165, 1.54) is 0 Å². The van der Waals surface area contributed by atoms with E-state index in [4.69, 9.17) is 5.11 Å². The molecule has 0 saturated carbocycles. The van der Waals surface area contributed by atoms with Crippen molar-refractivity contribution >= 4 is 17.7 Å². The fraction of sp³-hybridized carbons (Fsp3) is 0.700. The summed E-state index contributed by atoms with van der Waals surface area (Å²) in [6.07, 6.45) is -2.66. The van der Waals surface area contributed by atoms with E-state index >= 15 is 0 Å². The average molecular weight is 248 g/mol. The van der Waals surface area contributed by atoms with E-state index in [0.29, 0.717) is 6.42 Å². The SMILES string of the molecule is CCCC(=O)OC(OC(=O)C(C)=O)C(O)CO. The van der Waals surface area contributed by atoms with Crippen LogP contribution in [0, 0.1) is 0 Å². The number of ketones is 1. The molecule has 0 aliphatic rings. The van der Waals surface area contributed by atoms with E-state index in [0.717, 1.165) is 6.92 Å². The van der Waals surface area contributed by atoms with Gasteiger partial charge in [-0.1, -0.05) is 6.92 Å². The molecule has 7 nitrogen and oxygen atoms in total. The van der Waals surface area contributed by atoms with Crippen molar-refractivity contribution in [3.63, 3.8) is 0 Å². The molecule has 0 saturated heterocycles. The van der Waals surface area contributed by atoms with Crippen LogP contribution in [0.25, 0.3) is 0 Å².